The number of benzene rings is 1. The van der Waals surface area contributed by atoms with E-state index < -0.39 is 0 Å². The van der Waals surface area contributed by atoms with E-state index in [4.69, 9.17) is 4.74 Å². The molecule has 1 aromatic rings. The molecule has 0 aromatic heterocycles. The molecular formula is C15H20O. The van der Waals surface area contributed by atoms with Gasteiger partial charge in [-0.25, -0.2) is 0 Å². The molecule has 86 valence electrons. The van der Waals surface area contributed by atoms with Crippen LogP contribution in [0.15, 0.2) is 18.2 Å². The van der Waals surface area contributed by atoms with Gasteiger partial charge in [0.05, 0.1) is 0 Å². The minimum Gasteiger partial charge on any atom is -0.487 e. The van der Waals surface area contributed by atoms with E-state index in [-0.39, 0.29) is 5.60 Å². The zero-order valence-electron chi connectivity index (χ0n) is 10.3. The molecule has 1 aliphatic heterocycles. The van der Waals surface area contributed by atoms with Crippen molar-refractivity contribution >= 4 is 0 Å². The van der Waals surface area contributed by atoms with Crippen molar-refractivity contribution < 1.29 is 4.74 Å². The van der Waals surface area contributed by atoms with E-state index in [1.54, 1.807) is 0 Å². The van der Waals surface area contributed by atoms with Crippen LogP contribution in [0.25, 0.3) is 0 Å². The van der Waals surface area contributed by atoms with Crippen molar-refractivity contribution in [3.05, 3.63) is 29.3 Å². The summed E-state index contributed by atoms with van der Waals surface area (Å²) < 4.78 is 6.24. The second-order valence-electron chi connectivity index (χ2n) is 5.44. The molecule has 0 saturated heterocycles. The lowest BCUT2D eigenvalue weighted by molar-refractivity contribution is 0.0548. The summed E-state index contributed by atoms with van der Waals surface area (Å²) in [6, 6.07) is 6.82. The van der Waals surface area contributed by atoms with Gasteiger partial charge in [-0.05, 0) is 44.2 Å². The molecule has 1 heterocycles. The lowest BCUT2D eigenvalue weighted by atomic mass is 9.74. The van der Waals surface area contributed by atoms with Crippen molar-refractivity contribution in [3.63, 3.8) is 0 Å². The Morgan fingerprint density at radius 3 is 3.06 bits per heavy atom. The highest BCUT2D eigenvalue weighted by Gasteiger charge is 2.45. The van der Waals surface area contributed by atoms with Crippen LogP contribution in [0, 0.1) is 0 Å². The van der Waals surface area contributed by atoms with Crippen molar-refractivity contribution in [2.75, 3.05) is 0 Å². The van der Waals surface area contributed by atoms with Crippen molar-refractivity contribution in [3.8, 4) is 5.75 Å². The average Bonchev–Trinajstić information content (AvgIpc) is 2.59. The molecule has 3 rings (SSSR count). The van der Waals surface area contributed by atoms with Crippen LogP contribution < -0.4 is 4.74 Å². The Morgan fingerprint density at radius 1 is 1.38 bits per heavy atom. The maximum atomic E-state index is 6.24. The van der Waals surface area contributed by atoms with Gasteiger partial charge >= 0.3 is 0 Å². The quantitative estimate of drug-likeness (QED) is 0.688. The molecule has 1 heteroatoms. The lowest BCUT2D eigenvalue weighted by Crippen LogP contribution is -2.36. The summed E-state index contributed by atoms with van der Waals surface area (Å²) in [7, 11) is 0. The van der Waals surface area contributed by atoms with E-state index in [2.05, 4.69) is 32.0 Å². The predicted octanol–water partition coefficient (Wildman–Crippen LogP) is 4.06. The Hall–Kier alpha value is -0.980. The van der Waals surface area contributed by atoms with Crippen LogP contribution in [0.3, 0.4) is 0 Å². The Morgan fingerprint density at radius 2 is 2.25 bits per heavy atom. The van der Waals surface area contributed by atoms with Crippen LogP contribution in [0.1, 0.15) is 56.6 Å². The third-order valence-corrected chi connectivity index (χ3v) is 4.36. The van der Waals surface area contributed by atoms with Gasteiger partial charge in [-0.2, -0.15) is 0 Å². The SMILES string of the molecule is CCc1ccc2c(c1)OC1(C)CCCCC21. The zero-order chi connectivity index (χ0) is 11.2. The summed E-state index contributed by atoms with van der Waals surface area (Å²) in [5, 5.41) is 0. The fourth-order valence-electron chi connectivity index (χ4n) is 3.34. The third-order valence-electron chi connectivity index (χ3n) is 4.36. The molecule has 1 nitrogen and oxygen atoms in total. The predicted molar refractivity (Wildman–Crippen MR) is 66.1 cm³/mol. The first kappa shape index (κ1) is 10.2. The minimum absolute atomic E-state index is 0.0902. The van der Waals surface area contributed by atoms with Gasteiger partial charge in [0.2, 0.25) is 0 Å². The van der Waals surface area contributed by atoms with Gasteiger partial charge in [0.15, 0.2) is 0 Å². The minimum atomic E-state index is 0.0902. The van der Waals surface area contributed by atoms with E-state index in [1.165, 1.54) is 36.8 Å². The molecule has 0 spiro atoms. The Balaban J connectivity index is 2.02. The maximum absolute atomic E-state index is 6.24. The molecule has 1 aromatic carbocycles. The van der Waals surface area contributed by atoms with E-state index in [9.17, 15) is 0 Å². The van der Waals surface area contributed by atoms with Gasteiger partial charge in [0.25, 0.3) is 0 Å². The van der Waals surface area contributed by atoms with E-state index in [1.807, 2.05) is 0 Å². The number of hydrogen-bond donors (Lipinski definition) is 0. The smallest absolute Gasteiger partial charge is 0.124 e. The molecule has 2 aliphatic rings. The second kappa shape index (κ2) is 3.51. The molecule has 2 unspecified atom stereocenters. The molecule has 1 aliphatic carbocycles. The van der Waals surface area contributed by atoms with Gasteiger partial charge in [-0.1, -0.05) is 25.5 Å². The third kappa shape index (κ3) is 1.37. The molecule has 1 saturated carbocycles. The molecular weight excluding hydrogens is 196 g/mol. The summed E-state index contributed by atoms with van der Waals surface area (Å²) >= 11 is 0. The maximum Gasteiger partial charge on any atom is 0.124 e. The van der Waals surface area contributed by atoms with Crippen molar-refractivity contribution in [2.45, 2.75) is 57.5 Å². The molecule has 0 radical (unpaired) electrons. The largest absolute Gasteiger partial charge is 0.487 e. The highest BCUT2D eigenvalue weighted by Crippen LogP contribution is 2.52. The highest BCUT2D eigenvalue weighted by molar-refractivity contribution is 5.45. The van der Waals surface area contributed by atoms with Crippen LogP contribution >= 0.6 is 0 Å². The van der Waals surface area contributed by atoms with Gasteiger partial charge in [0.1, 0.15) is 11.4 Å². The number of hydrogen-bond acceptors (Lipinski definition) is 1. The van der Waals surface area contributed by atoms with Crippen LogP contribution in [0.5, 0.6) is 5.75 Å². The lowest BCUT2D eigenvalue weighted by Gasteiger charge is -2.34. The Bertz CT molecular complexity index is 410. The van der Waals surface area contributed by atoms with E-state index in [0.29, 0.717) is 5.92 Å². The van der Waals surface area contributed by atoms with Crippen LogP contribution in [0.4, 0.5) is 0 Å². The normalized spacial score (nSPS) is 31.8. The van der Waals surface area contributed by atoms with Crippen molar-refractivity contribution in [1.29, 1.82) is 0 Å². The summed E-state index contributed by atoms with van der Waals surface area (Å²) in [6.07, 6.45) is 6.29. The Labute approximate surface area is 97.8 Å². The molecule has 0 N–H and O–H groups in total. The van der Waals surface area contributed by atoms with Crippen LogP contribution in [0.2, 0.25) is 0 Å². The van der Waals surface area contributed by atoms with Gasteiger partial charge in [0, 0.05) is 11.5 Å². The van der Waals surface area contributed by atoms with Crippen LogP contribution in [-0.2, 0) is 6.42 Å². The fraction of sp³-hybridized carbons (Fsp3) is 0.600. The molecule has 1 fully saturated rings. The topological polar surface area (TPSA) is 9.23 Å². The number of rotatable bonds is 1. The molecule has 2 atom stereocenters. The van der Waals surface area contributed by atoms with Crippen LogP contribution in [-0.4, -0.2) is 5.60 Å². The monoisotopic (exact) mass is 216 g/mol. The summed E-state index contributed by atoms with van der Waals surface area (Å²) in [5.74, 6) is 1.80. The number of fused-ring (bicyclic) bond motifs is 3. The standard InChI is InChI=1S/C15H20O/c1-3-11-7-8-12-13-6-4-5-9-15(13,2)16-14(12)10-11/h7-8,10,13H,3-6,9H2,1-2H3. The summed E-state index contributed by atoms with van der Waals surface area (Å²) in [5.41, 5.74) is 2.94. The first-order valence-corrected chi connectivity index (χ1v) is 6.55. The van der Waals surface area contributed by atoms with Crippen molar-refractivity contribution in [2.24, 2.45) is 0 Å². The second-order valence-corrected chi connectivity index (χ2v) is 5.44. The highest BCUT2D eigenvalue weighted by atomic mass is 16.5. The summed E-state index contributed by atoms with van der Waals surface area (Å²) in [4.78, 5) is 0. The zero-order valence-corrected chi connectivity index (χ0v) is 10.3. The van der Waals surface area contributed by atoms with Gasteiger partial charge < -0.3 is 4.74 Å². The van der Waals surface area contributed by atoms with Gasteiger partial charge in [-0.3, -0.25) is 0 Å². The molecule has 0 bridgehead atoms. The Kier molecular flexibility index (Phi) is 2.24. The number of ether oxygens (including phenoxy) is 1. The number of aryl methyl sites for hydroxylation is 1. The first-order chi connectivity index (χ1) is 7.73. The molecule has 0 amide bonds. The average molecular weight is 216 g/mol. The van der Waals surface area contributed by atoms with Crippen molar-refractivity contribution in [1.82, 2.24) is 0 Å². The first-order valence-electron chi connectivity index (χ1n) is 6.55. The van der Waals surface area contributed by atoms with E-state index in [0.717, 1.165) is 12.2 Å². The molecule has 16 heavy (non-hydrogen) atoms. The van der Waals surface area contributed by atoms with E-state index >= 15 is 0 Å². The fourth-order valence-corrected chi connectivity index (χ4v) is 3.34. The summed E-state index contributed by atoms with van der Waals surface area (Å²) in [6.45, 7) is 4.49. The van der Waals surface area contributed by atoms with Gasteiger partial charge in [-0.15, -0.1) is 0 Å².